The highest BCUT2D eigenvalue weighted by Crippen LogP contribution is 2.30. The lowest BCUT2D eigenvalue weighted by Crippen LogP contribution is -2.44. The SMILES string of the molecule is CCOC(=O)C(C)NC(=O)NCc1ccc2c(c1)N(C(=O)c1ccc(C)cc1)CC2. The minimum atomic E-state index is -0.729. The van der Waals surface area contributed by atoms with Gasteiger partial charge in [0.2, 0.25) is 0 Å². The smallest absolute Gasteiger partial charge is 0.328 e. The molecule has 2 aromatic carbocycles. The molecule has 0 saturated carbocycles. The van der Waals surface area contributed by atoms with Gasteiger partial charge >= 0.3 is 12.0 Å². The van der Waals surface area contributed by atoms with Crippen molar-refractivity contribution in [3.8, 4) is 0 Å². The Morgan fingerprint density at radius 3 is 2.57 bits per heavy atom. The van der Waals surface area contributed by atoms with Gasteiger partial charge < -0.3 is 20.3 Å². The number of carbonyl (C=O) groups excluding carboxylic acids is 3. The van der Waals surface area contributed by atoms with Crippen LogP contribution in [0, 0.1) is 6.92 Å². The molecule has 3 rings (SSSR count). The van der Waals surface area contributed by atoms with Crippen molar-refractivity contribution in [2.24, 2.45) is 0 Å². The number of amides is 3. The molecular weight excluding hydrogens is 382 g/mol. The number of rotatable bonds is 6. The van der Waals surface area contributed by atoms with Crippen molar-refractivity contribution < 1.29 is 19.1 Å². The lowest BCUT2D eigenvalue weighted by atomic mass is 10.1. The van der Waals surface area contributed by atoms with E-state index in [4.69, 9.17) is 4.74 Å². The summed E-state index contributed by atoms with van der Waals surface area (Å²) in [5.41, 5.74) is 4.62. The van der Waals surface area contributed by atoms with Gasteiger partial charge in [-0.1, -0.05) is 29.8 Å². The first kappa shape index (κ1) is 21.4. The maximum atomic E-state index is 12.9. The van der Waals surface area contributed by atoms with E-state index in [9.17, 15) is 14.4 Å². The minimum absolute atomic E-state index is 0.0279. The molecule has 0 fully saturated rings. The van der Waals surface area contributed by atoms with E-state index >= 15 is 0 Å². The summed E-state index contributed by atoms with van der Waals surface area (Å²) in [6.45, 7) is 6.45. The van der Waals surface area contributed by atoms with Crippen LogP contribution in [0.3, 0.4) is 0 Å². The van der Waals surface area contributed by atoms with Gasteiger partial charge in [0, 0.05) is 24.3 Å². The number of esters is 1. The number of anilines is 1. The average molecular weight is 409 g/mol. The van der Waals surface area contributed by atoms with Gasteiger partial charge in [0.1, 0.15) is 6.04 Å². The number of benzene rings is 2. The molecule has 1 aliphatic rings. The van der Waals surface area contributed by atoms with Crippen LogP contribution < -0.4 is 15.5 Å². The van der Waals surface area contributed by atoms with E-state index in [1.165, 1.54) is 0 Å². The van der Waals surface area contributed by atoms with Crippen molar-refractivity contribution in [1.82, 2.24) is 10.6 Å². The van der Waals surface area contributed by atoms with Crippen molar-refractivity contribution in [2.75, 3.05) is 18.1 Å². The van der Waals surface area contributed by atoms with Crippen molar-refractivity contribution in [3.63, 3.8) is 0 Å². The normalized spacial score (nSPS) is 13.4. The maximum Gasteiger partial charge on any atom is 0.328 e. The van der Waals surface area contributed by atoms with Gasteiger partial charge in [-0.25, -0.2) is 9.59 Å². The third-order valence-electron chi connectivity index (χ3n) is 5.03. The summed E-state index contributed by atoms with van der Waals surface area (Å²) < 4.78 is 4.88. The Balaban J connectivity index is 1.63. The van der Waals surface area contributed by atoms with Crippen LogP contribution in [-0.2, 0) is 22.5 Å². The lowest BCUT2D eigenvalue weighted by molar-refractivity contribution is -0.144. The number of hydrogen-bond donors (Lipinski definition) is 2. The largest absolute Gasteiger partial charge is 0.464 e. The Hall–Kier alpha value is -3.35. The Labute approximate surface area is 176 Å². The second kappa shape index (κ2) is 9.43. The van der Waals surface area contributed by atoms with E-state index in [1.54, 1.807) is 18.7 Å². The second-order valence-corrected chi connectivity index (χ2v) is 7.34. The zero-order valence-corrected chi connectivity index (χ0v) is 17.5. The fourth-order valence-electron chi connectivity index (χ4n) is 3.35. The van der Waals surface area contributed by atoms with Gasteiger partial charge in [-0.2, -0.15) is 0 Å². The Kier molecular flexibility index (Phi) is 6.72. The standard InChI is InChI=1S/C23H27N3O4/c1-4-30-22(28)16(3)25-23(29)24-14-17-7-10-18-11-12-26(20(18)13-17)21(27)19-8-5-15(2)6-9-19/h5-10,13,16H,4,11-12,14H2,1-3H3,(H2,24,25,29). The highest BCUT2D eigenvalue weighted by molar-refractivity contribution is 6.07. The molecule has 0 radical (unpaired) electrons. The number of aryl methyl sites for hydroxylation is 1. The van der Waals surface area contributed by atoms with Crippen LogP contribution in [0.15, 0.2) is 42.5 Å². The summed E-state index contributed by atoms with van der Waals surface area (Å²) in [7, 11) is 0. The molecule has 1 aliphatic heterocycles. The van der Waals surface area contributed by atoms with Gasteiger partial charge in [0.05, 0.1) is 6.61 Å². The number of carbonyl (C=O) groups is 3. The molecule has 30 heavy (non-hydrogen) atoms. The monoisotopic (exact) mass is 409 g/mol. The first-order valence-corrected chi connectivity index (χ1v) is 10.1. The number of fused-ring (bicyclic) bond motifs is 1. The molecule has 2 aromatic rings. The fourth-order valence-corrected chi connectivity index (χ4v) is 3.35. The highest BCUT2D eigenvalue weighted by atomic mass is 16.5. The van der Waals surface area contributed by atoms with Crippen LogP contribution >= 0.6 is 0 Å². The van der Waals surface area contributed by atoms with Gasteiger partial charge in [0.25, 0.3) is 5.91 Å². The van der Waals surface area contributed by atoms with E-state index in [2.05, 4.69) is 10.6 Å². The third-order valence-corrected chi connectivity index (χ3v) is 5.03. The summed E-state index contributed by atoms with van der Waals surface area (Å²) in [6, 6.07) is 12.2. The van der Waals surface area contributed by atoms with Gasteiger partial charge in [0.15, 0.2) is 0 Å². The summed E-state index contributed by atoms with van der Waals surface area (Å²) in [4.78, 5) is 38.4. The van der Waals surface area contributed by atoms with Crippen LogP contribution in [0.1, 0.15) is 40.9 Å². The summed E-state index contributed by atoms with van der Waals surface area (Å²) in [5, 5.41) is 5.29. The van der Waals surface area contributed by atoms with E-state index in [0.717, 1.165) is 28.8 Å². The second-order valence-electron chi connectivity index (χ2n) is 7.34. The summed E-state index contributed by atoms with van der Waals surface area (Å²) >= 11 is 0. The van der Waals surface area contributed by atoms with E-state index in [0.29, 0.717) is 12.1 Å². The van der Waals surface area contributed by atoms with Crippen molar-refractivity contribution in [2.45, 2.75) is 39.8 Å². The Morgan fingerprint density at radius 1 is 1.13 bits per heavy atom. The van der Waals surface area contributed by atoms with Crippen LogP contribution in [0.2, 0.25) is 0 Å². The van der Waals surface area contributed by atoms with Crippen LogP contribution in [0.5, 0.6) is 0 Å². The first-order valence-electron chi connectivity index (χ1n) is 10.1. The predicted molar refractivity (Wildman–Crippen MR) is 114 cm³/mol. The fraction of sp³-hybridized carbons (Fsp3) is 0.348. The summed E-state index contributed by atoms with van der Waals surface area (Å²) in [5.74, 6) is -0.504. The molecule has 7 heteroatoms. The number of nitrogens with zero attached hydrogens (tertiary/aromatic N) is 1. The number of urea groups is 1. The van der Waals surface area contributed by atoms with E-state index in [-0.39, 0.29) is 19.1 Å². The van der Waals surface area contributed by atoms with E-state index in [1.807, 2.05) is 49.4 Å². The van der Waals surface area contributed by atoms with Crippen molar-refractivity contribution >= 4 is 23.6 Å². The Bertz CT molecular complexity index is 940. The van der Waals surface area contributed by atoms with Gasteiger partial charge in [-0.3, -0.25) is 4.79 Å². The average Bonchev–Trinajstić information content (AvgIpc) is 3.15. The van der Waals surface area contributed by atoms with E-state index < -0.39 is 18.0 Å². The number of ether oxygens (including phenoxy) is 1. The maximum absolute atomic E-state index is 12.9. The number of hydrogen-bond acceptors (Lipinski definition) is 4. The molecule has 0 saturated heterocycles. The minimum Gasteiger partial charge on any atom is -0.464 e. The molecule has 7 nitrogen and oxygen atoms in total. The molecule has 1 heterocycles. The molecule has 0 spiro atoms. The molecule has 2 N–H and O–H groups in total. The van der Waals surface area contributed by atoms with Crippen LogP contribution in [-0.4, -0.2) is 37.1 Å². The van der Waals surface area contributed by atoms with Gasteiger partial charge in [-0.05, 0) is 56.5 Å². The molecular formula is C23H27N3O4. The molecule has 0 aromatic heterocycles. The summed E-state index contributed by atoms with van der Waals surface area (Å²) in [6.07, 6.45) is 0.804. The molecule has 3 amide bonds. The molecule has 0 aliphatic carbocycles. The molecule has 0 bridgehead atoms. The molecule has 158 valence electrons. The van der Waals surface area contributed by atoms with Crippen molar-refractivity contribution in [3.05, 3.63) is 64.7 Å². The quantitative estimate of drug-likeness (QED) is 0.718. The highest BCUT2D eigenvalue weighted by Gasteiger charge is 2.26. The molecule has 1 unspecified atom stereocenters. The number of nitrogens with one attached hydrogen (secondary N) is 2. The predicted octanol–water partition coefficient (Wildman–Crippen LogP) is 2.95. The lowest BCUT2D eigenvalue weighted by Gasteiger charge is -2.18. The van der Waals surface area contributed by atoms with Crippen LogP contribution in [0.25, 0.3) is 0 Å². The first-order chi connectivity index (χ1) is 14.4. The zero-order valence-electron chi connectivity index (χ0n) is 17.5. The van der Waals surface area contributed by atoms with Crippen molar-refractivity contribution in [1.29, 1.82) is 0 Å². The Morgan fingerprint density at radius 2 is 1.87 bits per heavy atom. The van der Waals surface area contributed by atoms with Crippen LogP contribution in [0.4, 0.5) is 10.5 Å². The molecule has 1 atom stereocenters. The third kappa shape index (κ3) is 4.97. The van der Waals surface area contributed by atoms with Gasteiger partial charge in [-0.15, -0.1) is 0 Å². The topological polar surface area (TPSA) is 87.7 Å². The zero-order chi connectivity index (χ0) is 21.7.